The Balaban J connectivity index is 2.77. The highest BCUT2D eigenvalue weighted by Crippen LogP contribution is 2.30. The molecule has 1 rings (SSSR count). The second-order valence-electron chi connectivity index (χ2n) is 3.57. The molecule has 0 bridgehead atoms. The van der Waals surface area contributed by atoms with Crippen LogP contribution in [0.3, 0.4) is 0 Å². The van der Waals surface area contributed by atoms with Crippen LogP contribution in [0.4, 0.5) is 5.69 Å². The largest absolute Gasteiger partial charge is 0.492 e. The molecule has 0 aliphatic carbocycles. The SMILES string of the molecule is COc1cc(OCCS(C)(=O)=O)ccc1[N+](=O)[O-]. The van der Waals surface area contributed by atoms with Crippen molar-refractivity contribution in [2.24, 2.45) is 0 Å². The van der Waals surface area contributed by atoms with Gasteiger partial charge in [0, 0.05) is 18.4 Å². The molecule has 0 aromatic heterocycles. The normalized spacial score (nSPS) is 11.0. The standard InChI is InChI=1S/C10H13NO6S/c1-16-10-7-8(3-4-9(10)11(12)13)17-5-6-18(2,14)15/h3-4,7H,5-6H2,1-2H3. The maximum absolute atomic E-state index is 10.9. The number of hydrogen-bond acceptors (Lipinski definition) is 6. The maximum Gasteiger partial charge on any atom is 0.311 e. The summed E-state index contributed by atoms with van der Waals surface area (Å²) in [6, 6.07) is 3.98. The summed E-state index contributed by atoms with van der Waals surface area (Å²) in [7, 11) is -1.79. The van der Waals surface area contributed by atoms with E-state index in [0.717, 1.165) is 6.26 Å². The first kappa shape index (κ1) is 14.2. The molecule has 1 aromatic rings. The smallest absolute Gasteiger partial charge is 0.311 e. The molecule has 0 amide bonds. The Hall–Kier alpha value is -1.83. The second kappa shape index (κ2) is 5.67. The van der Waals surface area contributed by atoms with E-state index in [4.69, 9.17) is 9.47 Å². The molecule has 0 saturated heterocycles. The van der Waals surface area contributed by atoms with Crippen molar-refractivity contribution in [3.63, 3.8) is 0 Å². The van der Waals surface area contributed by atoms with E-state index >= 15 is 0 Å². The highest BCUT2D eigenvalue weighted by atomic mass is 32.2. The summed E-state index contributed by atoms with van der Waals surface area (Å²) in [6.07, 6.45) is 1.10. The lowest BCUT2D eigenvalue weighted by Gasteiger charge is -2.07. The molecule has 0 aliphatic heterocycles. The molecule has 0 N–H and O–H groups in total. The van der Waals surface area contributed by atoms with Crippen molar-refractivity contribution in [1.82, 2.24) is 0 Å². The number of methoxy groups -OCH3 is 1. The lowest BCUT2D eigenvalue weighted by atomic mass is 10.3. The fourth-order valence-corrected chi connectivity index (χ4v) is 1.60. The Morgan fingerprint density at radius 2 is 2.06 bits per heavy atom. The van der Waals surface area contributed by atoms with Crippen molar-refractivity contribution < 1.29 is 22.8 Å². The zero-order valence-corrected chi connectivity index (χ0v) is 10.8. The number of nitro benzene ring substituents is 1. The van der Waals surface area contributed by atoms with E-state index in [1.807, 2.05) is 0 Å². The summed E-state index contributed by atoms with van der Waals surface area (Å²) in [5.74, 6) is 0.268. The van der Waals surface area contributed by atoms with E-state index < -0.39 is 14.8 Å². The number of nitro groups is 1. The van der Waals surface area contributed by atoms with E-state index in [1.54, 1.807) is 0 Å². The Morgan fingerprint density at radius 1 is 1.39 bits per heavy atom. The third kappa shape index (κ3) is 4.21. The van der Waals surface area contributed by atoms with E-state index in [1.165, 1.54) is 25.3 Å². The van der Waals surface area contributed by atoms with Crippen molar-refractivity contribution in [1.29, 1.82) is 0 Å². The van der Waals surface area contributed by atoms with Gasteiger partial charge in [-0.3, -0.25) is 10.1 Å². The number of rotatable bonds is 6. The molecule has 0 heterocycles. The maximum atomic E-state index is 10.9. The van der Waals surface area contributed by atoms with Gasteiger partial charge in [0.05, 0.1) is 17.8 Å². The van der Waals surface area contributed by atoms with Gasteiger partial charge in [0.25, 0.3) is 0 Å². The van der Waals surface area contributed by atoms with Crippen LogP contribution in [-0.4, -0.2) is 39.1 Å². The number of ether oxygens (including phenoxy) is 2. The molecular formula is C10H13NO6S. The highest BCUT2D eigenvalue weighted by Gasteiger charge is 2.15. The van der Waals surface area contributed by atoms with Crippen LogP contribution in [0.25, 0.3) is 0 Å². The minimum Gasteiger partial charge on any atom is -0.492 e. The lowest BCUT2D eigenvalue weighted by Crippen LogP contribution is -2.12. The quantitative estimate of drug-likeness (QED) is 0.568. The first-order chi connectivity index (χ1) is 8.33. The van der Waals surface area contributed by atoms with E-state index in [2.05, 4.69) is 0 Å². The predicted octanol–water partition coefficient (Wildman–Crippen LogP) is 1.03. The van der Waals surface area contributed by atoms with Crippen LogP contribution < -0.4 is 9.47 Å². The van der Waals surface area contributed by atoms with E-state index in [0.29, 0.717) is 5.75 Å². The van der Waals surface area contributed by atoms with Crippen LogP contribution in [0.1, 0.15) is 0 Å². The molecule has 8 heteroatoms. The molecule has 0 fully saturated rings. The zero-order chi connectivity index (χ0) is 13.8. The minimum absolute atomic E-state index is 0.0141. The average molecular weight is 275 g/mol. The van der Waals surface area contributed by atoms with Crippen LogP contribution in [0, 0.1) is 10.1 Å². The van der Waals surface area contributed by atoms with Crippen molar-refractivity contribution in [2.45, 2.75) is 0 Å². The molecule has 18 heavy (non-hydrogen) atoms. The van der Waals surface area contributed by atoms with Gasteiger partial charge in [0.1, 0.15) is 12.4 Å². The first-order valence-electron chi connectivity index (χ1n) is 4.96. The highest BCUT2D eigenvalue weighted by molar-refractivity contribution is 7.90. The van der Waals surface area contributed by atoms with Gasteiger partial charge in [0.15, 0.2) is 9.84 Å². The van der Waals surface area contributed by atoms with Crippen molar-refractivity contribution in [2.75, 3.05) is 25.7 Å². The molecule has 0 unspecified atom stereocenters. The molecular weight excluding hydrogens is 262 g/mol. The van der Waals surface area contributed by atoms with Crippen LogP contribution in [0.5, 0.6) is 11.5 Å². The predicted molar refractivity (Wildman–Crippen MR) is 64.9 cm³/mol. The molecule has 0 saturated carbocycles. The molecule has 0 spiro atoms. The Kier molecular flexibility index (Phi) is 4.49. The van der Waals surface area contributed by atoms with Gasteiger partial charge >= 0.3 is 5.69 Å². The summed E-state index contributed by atoms with van der Waals surface area (Å²) < 4.78 is 31.8. The lowest BCUT2D eigenvalue weighted by molar-refractivity contribution is -0.385. The van der Waals surface area contributed by atoms with Crippen molar-refractivity contribution in [3.8, 4) is 11.5 Å². The molecule has 100 valence electrons. The van der Waals surface area contributed by atoms with Gasteiger partial charge in [-0.1, -0.05) is 0 Å². The Labute approximate surface area is 104 Å². The molecule has 0 aliphatic rings. The summed E-state index contributed by atoms with van der Waals surface area (Å²) in [5, 5.41) is 10.6. The Bertz CT molecular complexity index is 539. The van der Waals surface area contributed by atoms with Gasteiger partial charge < -0.3 is 9.47 Å². The van der Waals surface area contributed by atoms with Crippen molar-refractivity contribution in [3.05, 3.63) is 28.3 Å². The van der Waals surface area contributed by atoms with Crippen LogP contribution in [0.2, 0.25) is 0 Å². The third-order valence-electron chi connectivity index (χ3n) is 2.07. The van der Waals surface area contributed by atoms with Gasteiger partial charge in [-0.05, 0) is 6.07 Å². The number of sulfone groups is 1. The Morgan fingerprint density at radius 3 is 2.56 bits per heavy atom. The fraction of sp³-hybridized carbons (Fsp3) is 0.400. The summed E-state index contributed by atoms with van der Waals surface area (Å²) in [4.78, 5) is 10.1. The number of hydrogen-bond donors (Lipinski definition) is 0. The topological polar surface area (TPSA) is 95.7 Å². The van der Waals surface area contributed by atoms with Crippen molar-refractivity contribution >= 4 is 15.5 Å². The first-order valence-corrected chi connectivity index (χ1v) is 7.02. The number of nitrogens with zero attached hydrogens (tertiary/aromatic N) is 1. The number of benzene rings is 1. The molecule has 1 aromatic carbocycles. The fourth-order valence-electron chi connectivity index (χ4n) is 1.21. The second-order valence-corrected chi connectivity index (χ2v) is 5.83. The summed E-state index contributed by atoms with van der Waals surface area (Å²) in [6.45, 7) is -0.0141. The summed E-state index contributed by atoms with van der Waals surface area (Å²) in [5.41, 5.74) is -0.173. The van der Waals surface area contributed by atoms with E-state index in [-0.39, 0.29) is 23.8 Å². The van der Waals surface area contributed by atoms with Gasteiger partial charge in [-0.2, -0.15) is 0 Å². The third-order valence-corrected chi connectivity index (χ3v) is 2.98. The molecule has 0 radical (unpaired) electrons. The van der Waals surface area contributed by atoms with Gasteiger partial charge in [-0.25, -0.2) is 8.42 Å². The van der Waals surface area contributed by atoms with Gasteiger partial charge in [-0.15, -0.1) is 0 Å². The molecule has 0 atom stereocenters. The minimum atomic E-state index is -3.10. The van der Waals surface area contributed by atoms with E-state index in [9.17, 15) is 18.5 Å². The summed E-state index contributed by atoms with van der Waals surface area (Å²) >= 11 is 0. The average Bonchev–Trinajstić information content (AvgIpc) is 2.26. The van der Waals surface area contributed by atoms with Crippen LogP contribution in [0.15, 0.2) is 18.2 Å². The molecule has 7 nitrogen and oxygen atoms in total. The van der Waals surface area contributed by atoms with Gasteiger partial charge in [0.2, 0.25) is 5.75 Å². The zero-order valence-electron chi connectivity index (χ0n) is 9.95. The van der Waals surface area contributed by atoms with Crippen LogP contribution in [-0.2, 0) is 9.84 Å². The van der Waals surface area contributed by atoms with Crippen LogP contribution >= 0.6 is 0 Å². The monoisotopic (exact) mass is 275 g/mol.